The van der Waals surface area contributed by atoms with Gasteiger partial charge in [-0.1, -0.05) is 4.68 Å². The van der Waals surface area contributed by atoms with E-state index in [1.54, 1.807) is 19.1 Å². The fraction of sp³-hybridized carbons (Fsp3) is 0.231. The highest BCUT2D eigenvalue weighted by atomic mass is 16.5. The van der Waals surface area contributed by atoms with Crippen molar-refractivity contribution in [3.8, 4) is 0 Å². The van der Waals surface area contributed by atoms with Crippen LogP contribution in [0.2, 0.25) is 0 Å². The largest absolute Gasteiger partial charge is 0.462 e. The Labute approximate surface area is 119 Å². The Hall–Kier alpha value is -2.90. The van der Waals surface area contributed by atoms with Gasteiger partial charge in [0.05, 0.1) is 12.2 Å². The summed E-state index contributed by atoms with van der Waals surface area (Å²) in [5, 5.41) is 4.78. The second-order valence-electron chi connectivity index (χ2n) is 4.14. The molecule has 0 radical (unpaired) electrons. The molecule has 1 amide bonds. The molecule has 2 aromatic rings. The molecule has 2 rings (SSSR count). The first-order valence-corrected chi connectivity index (χ1v) is 6.19. The fourth-order valence-electron chi connectivity index (χ4n) is 1.68. The smallest absolute Gasteiger partial charge is 0.440 e. The fourth-order valence-corrected chi connectivity index (χ4v) is 1.68. The highest BCUT2D eigenvalue weighted by Crippen LogP contribution is 2.11. The van der Waals surface area contributed by atoms with Crippen LogP contribution in [-0.2, 0) is 11.8 Å². The van der Waals surface area contributed by atoms with Gasteiger partial charge in [0.15, 0.2) is 7.05 Å². The number of aromatic nitrogens is 2. The number of amides is 1. The first-order chi connectivity index (χ1) is 10.0. The summed E-state index contributed by atoms with van der Waals surface area (Å²) in [6.45, 7) is 2.01. The van der Waals surface area contributed by atoms with Gasteiger partial charge in [0.2, 0.25) is 0 Å². The number of rotatable bonds is 4. The van der Waals surface area contributed by atoms with Crippen LogP contribution in [0.5, 0.6) is 0 Å². The number of carbonyl (C=O) groups excluding carboxylic acids is 2. The molecule has 0 saturated heterocycles. The molecular formula is C13H14N3O5+. The summed E-state index contributed by atoms with van der Waals surface area (Å²) in [6, 6.07) is 6.12. The molecule has 0 spiro atoms. The maximum Gasteiger partial charge on any atom is 0.440 e. The van der Waals surface area contributed by atoms with Crippen molar-refractivity contribution in [3.63, 3.8) is 0 Å². The molecule has 0 aliphatic heterocycles. The van der Waals surface area contributed by atoms with Gasteiger partial charge in [-0.05, 0) is 36.5 Å². The SMILES string of the molecule is CCOC(=O)c1ccc(NC(=O)c2c(=O)o[nH][n+]2C)cc1. The first kappa shape index (κ1) is 14.5. The van der Waals surface area contributed by atoms with E-state index < -0.39 is 17.5 Å². The lowest BCUT2D eigenvalue weighted by molar-refractivity contribution is -0.741. The number of carbonyl (C=O) groups is 2. The van der Waals surface area contributed by atoms with E-state index in [-0.39, 0.29) is 12.3 Å². The summed E-state index contributed by atoms with van der Waals surface area (Å²) >= 11 is 0. The van der Waals surface area contributed by atoms with Crippen LogP contribution < -0.4 is 15.6 Å². The van der Waals surface area contributed by atoms with Gasteiger partial charge < -0.3 is 10.1 Å². The average molecular weight is 292 g/mol. The maximum atomic E-state index is 11.9. The van der Waals surface area contributed by atoms with Gasteiger partial charge in [0.25, 0.3) is 0 Å². The van der Waals surface area contributed by atoms with Crippen LogP contribution in [0.15, 0.2) is 33.6 Å². The predicted molar refractivity (Wildman–Crippen MR) is 70.9 cm³/mol. The van der Waals surface area contributed by atoms with Crippen molar-refractivity contribution in [2.45, 2.75) is 6.92 Å². The third-order valence-electron chi connectivity index (χ3n) is 2.67. The lowest BCUT2D eigenvalue weighted by Gasteiger charge is -2.04. The van der Waals surface area contributed by atoms with Crippen LogP contribution in [0.25, 0.3) is 0 Å². The van der Waals surface area contributed by atoms with E-state index in [0.29, 0.717) is 11.3 Å². The minimum absolute atomic E-state index is 0.163. The van der Waals surface area contributed by atoms with E-state index in [1.165, 1.54) is 23.9 Å². The third kappa shape index (κ3) is 3.16. The van der Waals surface area contributed by atoms with Crippen molar-refractivity contribution in [3.05, 3.63) is 45.9 Å². The van der Waals surface area contributed by atoms with E-state index in [2.05, 4.69) is 15.1 Å². The second-order valence-corrected chi connectivity index (χ2v) is 4.14. The lowest BCUT2D eigenvalue weighted by Crippen LogP contribution is -2.41. The number of hydrogen-bond acceptors (Lipinski definition) is 5. The molecule has 2 N–H and O–H groups in total. The molecule has 8 heteroatoms. The Morgan fingerprint density at radius 2 is 2.00 bits per heavy atom. The molecule has 1 aromatic carbocycles. The Kier molecular flexibility index (Phi) is 4.17. The van der Waals surface area contributed by atoms with Crippen molar-refractivity contribution in [1.29, 1.82) is 0 Å². The van der Waals surface area contributed by atoms with E-state index in [1.807, 2.05) is 0 Å². The third-order valence-corrected chi connectivity index (χ3v) is 2.67. The van der Waals surface area contributed by atoms with E-state index >= 15 is 0 Å². The lowest BCUT2D eigenvalue weighted by atomic mass is 10.2. The molecule has 21 heavy (non-hydrogen) atoms. The number of hydrogen-bond donors (Lipinski definition) is 2. The van der Waals surface area contributed by atoms with E-state index in [0.717, 1.165) is 0 Å². The number of esters is 1. The van der Waals surface area contributed by atoms with Gasteiger partial charge in [-0.15, -0.1) is 0 Å². The predicted octanol–water partition coefficient (Wildman–Crippen LogP) is 0.221. The van der Waals surface area contributed by atoms with Crippen molar-refractivity contribution in [2.24, 2.45) is 7.05 Å². The summed E-state index contributed by atoms with van der Waals surface area (Å²) in [7, 11) is 1.48. The number of H-pyrrole nitrogens is 1. The van der Waals surface area contributed by atoms with Gasteiger partial charge >= 0.3 is 23.2 Å². The normalized spacial score (nSPS) is 10.2. The number of nitrogens with one attached hydrogen (secondary N) is 2. The van der Waals surface area contributed by atoms with Gasteiger partial charge in [0, 0.05) is 5.69 Å². The minimum Gasteiger partial charge on any atom is -0.462 e. The molecule has 0 fully saturated rings. The number of aromatic amines is 1. The summed E-state index contributed by atoms with van der Waals surface area (Å²) in [4.78, 5) is 34.8. The Balaban J connectivity index is 2.12. The molecule has 8 nitrogen and oxygen atoms in total. The molecule has 0 aliphatic carbocycles. The van der Waals surface area contributed by atoms with Crippen molar-refractivity contribution < 1.29 is 23.5 Å². The molecule has 0 bridgehead atoms. The van der Waals surface area contributed by atoms with Crippen molar-refractivity contribution in [2.75, 3.05) is 11.9 Å². The number of ether oxygens (including phenoxy) is 1. The number of benzene rings is 1. The van der Waals surface area contributed by atoms with Crippen LogP contribution in [0.3, 0.4) is 0 Å². The van der Waals surface area contributed by atoms with Crippen LogP contribution in [0.4, 0.5) is 5.69 Å². The maximum absolute atomic E-state index is 11.9. The van der Waals surface area contributed by atoms with Crippen LogP contribution in [0, 0.1) is 0 Å². The minimum atomic E-state index is -0.766. The van der Waals surface area contributed by atoms with Gasteiger partial charge in [0.1, 0.15) is 0 Å². The van der Waals surface area contributed by atoms with Gasteiger partial charge in [-0.2, -0.15) is 0 Å². The summed E-state index contributed by atoms with van der Waals surface area (Å²) in [6.07, 6.45) is 0. The van der Waals surface area contributed by atoms with Gasteiger partial charge in [-0.3, -0.25) is 9.32 Å². The molecule has 1 heterocycles. The Bertz CT molecular complexity index is 714. The average Bonchev–Trinajstić information content (AvgIpc) is 2.79. The van der Waals surface area contributed by atoms with E-state index in [4.69, 9.17) is 4.74 Å². The molecule has 110 valence electrons. The summed E-state index contributed by atoms with van der Waals surface area (Å²) < 4.78 is 10.5. The molecule has 1 aromatic heterocycles. The quantitative estimate of drug-likeness (QED) is 0.619. The Morgan fingerprint density at radius 3 is 2.52 bits per heavy atom. The summed E-state index contributed by atoms with van der Waals surface area (Å²) in [5.74, 6) is -1.05. The highest BCUT2D eigenvalue weighted by molar-refractivity contribution is 6.01. The monoisotopic (exact) mass is 292 g/mol. The van der Waals surface area contributed by atoms with Crippen LogP contribution >= 0.6 is 0 Å². The van der Waals surface area contributed by atoms with Crippen LogP contribution in [0.1, 0.15) is 27.8 Å². The highest BCUT2D eigenvalue weighted by Gasteiger charge is 2.26. The number of nitrogens with zero attached hydrogens (tertiary/aromatic N) is 1. The standard InChI is InChI=1S/C13H13N3O5/c1-3-20-12(18)8-4-6-9(7-5-8)14-11(17)10-13(19)21-15-16(10)2/h4-7H,3H2,1-2H3,(H-,14,15,17,18,19)/p+1. The van der Waals surface area contributed by atoms with Crippen molar-refractivity contribution in [1.82, 2.24) is 5.27 Å². The second kappa shape index (κ2) is 6.04. The molecule has 0 atom stereocenters. The zero-order valence-electron chi connectivity index (χ0n) is 11.5. The molecule has 0 saturated carbocycles. The van der Waals surface area contributed by atoms with Gasteiger partial charge in [-0.25, -0.2) is 9.59 Å². The van der Waals surface area contributed by atoms with E-state index in [9.17, 15) is 14.4 Å². The number of anilines is 1. The Morgan fingerprint density at radius 1 is 1.33 bits per heavy atom. The van der Waals surface area contributed by atoms with Crippen molar-refractivity contribution >= 4 is 17.6 Å². The molecular weight excluding hydrogens is 278 g/mol. The zero-order valence-corrected chi connectivity index (χ0v) is 11.5. The summed E-state index contributed by atoms with van der Waals surface area (Å²) in [5.41, 5.74) is -0.113. The molecule has 0 aliphatic rings. The molecule has 0 unspecified atom stereocenters. The first-order valence-electron chi connectivity index (χ1n) is 6.19. The number of aryl methyl sites for hydroxylation is 1. The zero-order chi connectivity index (χ0) is 15.4. The van der Waals surface area contributed by atoms with Crippen LogP contribution in [-0.4, -0.2) is 23.8 Å². The topological polar surface area (TPSA) is 105 Å².